The highest BCUT2D eigenvalue weighted by atomic mass is 16.5. The quantitative estimate of drug-likeness (QED) is 0.102. The van der Waals surface area contributed by atoms with Gasteiger partial charge in [-0.15, -0.1) is 0 Å². The van der Waals surface area contributed by atoms with Crippen molar-refractivity contribution in [2.45, 2.75) is 64.7 Å². The zero-order valence-corrected chi connectivity index (χ0v) is 48.5. The highest BCUT2D eigenvalue weighted by Gasteiger charge is 2.49. The third-order valence-electron chi connectivity index (χ3n) is 17.6. The van der Waals surface area contributed by atoms with Gasteiger partial charge in [-0.2, -0.15) is 0 Å². The molecule has 0 bridgehead atoms. The van der Waals surface area contributed by atoms with E-state index in [1.165, 1.54) is 61.1 Å². The third kappa shape index (κ3) is 9.07. The summed E-state index contributed by atoms with van der Waals surface area (Å²) in [6.45, 7) is 16.9. The molecule has 0 amide bonds. The second-order valence-electron chi connectivity index (χ2n) is 23.9. The number of anilines is 4. The molecule has 0 unspecified atom stereocenters. The van der Waals surface area contributed by atoms with E-state index in [2.05, 4.69) is 330 Å². The summed E-state index contributed by atoms with van der Waals surface area (Å²) < 4.78 is 9.29. The first-order chi connectivity index (χ1) is 40.5. The smallest absolute Gasteiger partial charge is 0.137 e. The van der Waals surface area contributed by atoms with E-state index in [0.717, 1.165) is 50.8 Å². The van der Waals surface area contributed by atoms with Crippen LogP contribution < -0.4 is 14.5 Å². The van der Waals surface area contributed by atoms with E-state index in [4.69, 9.17) is 9.72 Å². The van der Waals surface area contributed by atoms with Crippen LogP contribution in [0.3, 0.4) is 0 Å². The fraction of sp³-hybridized carbons (Fsp3) is 0.167. The summed E-state index contributed by atoms with van der Waals surface area (Å²) in [5, 5.41) is 2.32. The maximum atomic E-state index is 7.01. The van der Waals surface area contributed by atoms with Crippen molar-refractivity contribution in [2.75, 3.05) is 16.5 Å². The fourth-order valence-corrected chi connectivity index (χ4v) is 13.8. The van der Waals surface area contributed by atoms with Crippen molar-refractivity contribution in [1.82, 2.24) is 9.55 Å². The minimum atomic E-state index is -0.637. The van der Waals surface area contributed by atoms with Crippen LogP contribution in [0.15, 0.2) is 273 Å². The first-order valence-electron chi connectivity index (χ1n) is 29.3. The molecule has 3 heterocycles. The van der Waals surface area contributed by atoms with Crippen molar-refractivity contribution in [3.8, 4) is 28.4 Å². The number of fused-ring (bicyclic) bond motifs is 4. The number of benzene rings is 10. The highest BCUT2D eigenvalue weighted by Crippen LogP contribution is 2.59. The molecule has 0 atom stereocenters. The lowest BCUT2D eigenvalue weighted by molar-refractivity contribution is 0.426. The molecule has 0 N–H and O–H groups in total. The van der Waals surface area contributed by atoms with Gasteiger partial charge in [-0.05, 0) is 134 Å². The van der Waals surface area contributed by atoms with Crippen molar-refractivity contribution in [1.29, 1.82) is 0 Å². The number of ether oxygens (including phenoxy) is 1. The van der Waals surface area contributed by atoms with Gasteiger partial charge >= 0.3 is 0 Å². The SMILES string of the molecule is CC(C)C(c1ccccc1)(c1ccccc1)c1cc(-c2ccccc2)cc(C(c2ccccc2)(c2ccccc2)C(C)C)c1N1CN(c2cccc(Oc3ccc4c5ccccc5n(-c5cc(C(C)(C)C)ccn5)c4c3)c2)c2ccccc21. The summed E-state index contributed by atoms with van der Waals surface area (Å²) in [5.74, 6) is 2.58. The van der Waals surface area contributed by atoms with E-state index < -0.39 is 10.8 Å². The predicted molar refractivity (Wildman–Crippen MR) is 346 cm³/mol. The van der Waals surface area contributed by atoms with Crippen molar-refractivity contribution in [3.05, 3.63) is 312 Å². The Balaban J connectivity index is 1.03. The molecule has 5 nitrogen and oxygen atoms in total. The monoisotopic (exact) mass is 1080 g/mol. The first kappa shape index (κ1) is 52.9. The summed E-state index contributed by atoms with van der Waals surface area (Å²) in [5.41, 5.74) is 16.4. The Kier molecular flexibility index (Phi) is 13.7. The van der Waals surface area contributed by atoms with Gasteiger partial charge in [0.2, 0.25) is 0 Å². The number of hydrogen-bond donors (Lipinski definition) is 0. The van der Waals surface area contributed by atoms with E-state index in [1.807, 2.05) is 6.20 Å². The minimum Gasteiger partial charge on any atom is -0.457 e. The summed E-state index contributed by atoms with van der Waals surface area (Å²) in [7, 11) is 0. The number of hydrogen-bond acceptors (Lipinski definition) is 4. The molecular weight excluding hydrogens is 1010 g/mol. The van der Waals surface area contributed by atoms with Crippen LogP contribution in [0.1, 0.15) is 87.4 Å². The summed E-state index contributed by atoms with van der Waals surface area (Å²) in [4.78, 5) is 10.1. The molecule has 13 rings (SSSR count). The van der Waals surface area contributed by atoms with Gasteiger partial charge < -0.3 is 14.5 Å². The molecule has 0 spiro atoms. The summed E-state index contributed by atoms with van der Waals surface area (Å²) >= 11 is 0. The Morgan fingerprint density at radius 2 is 0.880 bits per heavy atom. The number of pyridine rings is 1. The zero-order chi connectivity index (χ0) is 56.9. The van der Waals surface area contributed by atoms with Crippen molar-refractivity contribution in [3.63, 3.8) is 0 Å². The molecule has 83 heavy (non-hydrogen) atoms. The van der Waals surface area contributed by atoms with Gasteiger partial charge in [0.05, 0.1) is 28.1 Å². The van der Waals surface area contributed by atoms with Crippen LogP contribution in [0.2, 0.25) is 0 Å². The normalized spacial score (nSPS) is 12.9. The van der Waals surface area contributed by atoms with Crippen molar-refractivity contribution >= 4 is 44.6 Å². The molecule has 1 aliphatic rings. The van der Waals surface area contributed by atoms with E-state index in [0.29, 0.717) is 6.67 Å². The molecule has 10 aromatic carbocycles. The number of nitrogens with zero attached hydrogens (tertiary/aromatic N) is 4. The van der Waals surface area contributed by atoms with Gasteiger partial charge in [-0.3, -0.25) is 4.57 Å². The molecule has 0 saturated heterocycles. The van der Waals surface area contributed by atoms with Crippen LogP contribution in [0, 0.1) is 11.8 Å². The maximum absolute atomic E-state index is 7.01. The summed E-state index contributed by atoms with van der Waals surface area (Å²) in [6.07, 6.45) is 1.93. The van der Waals surface area contributed by atoms with Crippen LogP contribution >= 0.6 is 0 Å². The molecule has 0 aliphatic carbocycles. The van der Waals surface area contributed by atoms with Crippen LogP contribution in [-0.4, -0.2) is 16.2 Å². The van der Waals surface area contributed by atoms with Crippen molar-refractivity contribution in [2.24, 2.45) is 11.8 Å². The average molecular weight is 1080 g/mol. The average Bonchev–Trinajstić information content (AvgIpc) is 2.22. The Morgan fingerprint density at radius 3 is 1.42 bits per heavy atom. The van der Waals surface area contributed by atoms with Gasteiger partial charge in [0.25, 0.3) is 0 Å². The van der Waals surface area contributed by atoms with Crippen LogP contribution in [0.25, 0.3) is 38.8 Å². The Labute approximate surface area is 489 Å². The molecule has 0 saturated carbocycles. The minimum absolute atomic E-state index is 0.0355. The second kappa shape index (κ2) is 21.5. The molecule has 2 aromatic heterocycles. The fourth-order valence-electron chi connectivity index (χ4n) is 13.8. The van der Waals surface area contributed by atoms with Gasteiger partial charge in [-0.1, -0.05) is 237 Å². The standard InChI is InChI=1S/C78H70N4O/c1-54(2)77(58-30-15-9-16-31-58,59-32-17-10-18-33-59)68-48-57(56-28-13-8-14-29-56)49-69(78(55(3)4,60-34-19-11-20-35-60)61-36-21-12-22-37-61)75(68)81-53-80(71-42-25-26-43-72(71)81)63-38-27-39-64(51-63)83-65-44-45-67-66-40-23-24-41-70(66)82(73(67)52-65)74-50-62(46-47-79-74)76(5,6)7/h8-52,54-55H,53H2,1-7H3. The first-order valence-corrected chi connectivity index (χ1v) is 29.3. The number of para-hydroxylation sites is 3. The van der Waals surface area contributed by atoms with Crippen LogP contribution in [0.4, 0.5) is 22.7 Å². The van der Waals surface area contributed by atoms with Gasteiger partial charge in [0.15, 0.2) is 0 Å². The molecule has 1 aliphatic heterocycles. The lowest BCUT2D eigenvalue weighted by atomic mass is 9.58. The maximum Gasteiger partial charge on any atom is 0.137 e. The predicted octanol–water partition coefficient (Wildman–Crippen LogP) is 20.2. The lowest BCUT2D eigenvalue weighted by Gasteiger charge is -2.47. The largest absolute Gasteiger partial charge is 0.457 e. The summed E-state index contributed by atoms with van der Waals surface area (Å²) in [6, 6.07) is 98.2. The molecule has 5 heteroatoms. The van der Waals surface area contributed by atoms with Gasteiger partial charge in [-0.25, -0.2) is 4.98 Å². The van der Waals surface area contributed by atoms with E-state index in [1.54, 1.807) is 0 Å². The molecule has 12 aromatic rings. The van der Waals surface area contributed by atoms with E-state index in [9.17, 15) is 0 Å². The molecular formula is C78H70N4O. The highest BCUT2D eigenvalue weighted by molar-refractivity contribution is 6.09. The third-order valence-corrected chi connectivity index (χ3v) is 17.6. The van der Waals surface area contributed by atoms with E-state index in [-0.39, 0.29) is 17.3 Å². The second-order valence-corrected chi connectivity index (χ2v) is 23.9. The number of rotatable bonds is 14. The molecule has 0 fully saturated rings. The van der Waals surface area contributed by atoms with Gasteiger partial charge in [0, 0.05) is 45.6 Å². The lowest BCUT2D eigenvalue weighted by Crippen LogP contribution is -2.41. The molecule has 0 radical (unpaired) electrons. The van der Waals surface area contributed by atoms with Gasteiger partial charge in [0.1, 0.15) is 24.0 Å². The van der Waals surface area contributed by atoms with Crippen LogP contribution in [0.5, 0.6) is 11.5 Å². The topological polar surface area (TPSA) is 33.5 Å². The van der Waals surface area contributed by atoms with Crippen LogP contribution in [-0.2, 0) is 16.2 Å². The Bertz CT molecular complexity index is 4060. The van der Waals surface area contributed by atoms with Crippen molar-refractivity contribution < 1.29 is 4.74 Å². The van der Waals surface area contributed by atoms with E-state index >= 15 is 0 Å². The Hall–Kier alpha value is -9.45. The zero-order valence-electron chi connectivity index (χ0n) is 48.5. The molecule has 408 valence electrons. The number of aromatic nitrogens is 2. The Morgan fingerprint density at radius 1 is 0.398 bits per heavy atom.